The molecule has 0 aliphatic carbocycles. The lowest BCUT2D eigenvalue weighted by Crippen LogP contribution is -2.25. The number of ether oxygens (including phenoxy) is 1. The number of hydrogen-bond acceptors (Lipinski definition) is 5. The van der Waals surface area contributed by atoms with Crippen molar-refractivity contribution in [1.29, 1.82) is 0 Å². The molecule has 6 nitrogen and oxygen atoms in total. The fourth-order valence-electron chi connectivity index (χ4n) is 2.82. The molecule has 0 unspecified atom stereocenters. The van der Waals surface area contributed by atoms with Crippen LogP contribution in [-0.2, 0) is 4.74 Å². The highest BCUT2D eigenvalue weighted by atomic mass is 35.5. The molecule has 0 N–H and O–H groups in total. The van der Waals surface area contributed by atoms with Gasteiger partial charge in [0.2, 0.25) is 0 Å². The van der Waals surface area contributed by atoms with Crippen LogP contribution in [0.25, 0.3) is 33.6 Å². The van der Waals surface area contributed by atoms with Crippen molar-refractivity contribution < 1.29 is 13.9 Å². The quantitative estimate of drug-likeness (QED) is 0.523. The van der Waals surface area contributed by atoms with E-state index in [0.29, 0.717) is 33.0 Å². The maximum atomic E-state index is 12.9. The molecule has 0 amide bonds. The molecule has 4 rings (SSSR count). The summed E-state index contributed by atoms with van der Waals surface area (Å²) < 4.78 is 11.6. The number of carbonyl (C=O) groups excluding carboxylic acids is 1. The summed E-state index contributed by atoms with van der Waals surface area (Å²) in [5.41, 5.74) is 1.23. The minimum atomic E-state index is -0.820. The van der Waals surface area contributed by atoms with Crippen LogP contribution in [0.1, 0.15) is 6.92 Å². The summed E-state index contributed by atoms with van der Waals surface area (Å²) in [4.78, 5) is 25.0. The van der Waals surface area contributed by atoms with Gasteiger partial charge in [0, 0.05) is 16.0 Å². The van der Waals surface area contributed by atoms with Gasteiger partial charge < -0.3 is 9.15 Å². The van der Waals surface area contributed by atoms with Crippen molar-refractivity contribution in [2.75, 3.05) is 6.61 Å². The Hall–Kier alpha value is -3.12. The van der Waals surface area contributed by atoms with E-state index < -0.39 is 11.7 Å². The van der Waals surface area contributed by atoms with Gasteiger partial charge in [-0.2, -0.15) is 5.10 Å². The average Bonchev–Trinajstić information content (AvgIpc) is 3.00. The van der Waals surface area contributed by atoms with Gasteiger partial charge in [-0.05, 0) is 43.3 Å². The van der Waals surface area contributed by atoms with E-state index in [2.05, 4.69) is 5.10 Å². The molecule has 0 bridgehead atoms. The van der Waals surface area contributed by atoms with Gasteiger partial charge in [0.05, 0.1) is 6.61 Å². The largest absolute Gasteiger partial charge is 0.455 e. The summed E-state index contributed by atoms with van der Waals surface area (Å²) in [6.07, 6.45) is -0.820. The first-order valence-corrected chi connectivity index (χ1v) is 8.35. The number of aromatic nitrogens is 2. The molecule has 130 valence electrons. The lowest BCUT2D eigenvalue weighted by Gasteiger charge is -2.08. The Morgan fingerprint density at radius 3 is 2.65 bits per heavy atom. The average molecular weight is 369 g/mol. The third kappa shape index (κ3) is 2.55. The molecule has 0 saturated carbocycles. The number of nitrogens with zero attached hydrogens (tertiary/aromatic N) is 2. The Bertz CT molecular complexity index is 1140. The summed E-state index contributed by atoms with van der Waals surface area (Å²) in [5, 5.41) is 5.41. The van der Waals surface area contributed by atoms with E-state index in [1.54, 1.807) is 43.3 Å². The van der Waals surface area contributed by atoms with E-state index in [1.807, 2.05) is 12.1 Å². The Kier molecular flexibility index (Phi) is 3.97. The van der Waals surface area contributed by atoms with Crippen molar-refractivity contribution in [3.8, 4) is 22.6 Å². The highest BCUT2D eigenvalue weighted by Crippen LogP contribution is 2.37. The van der Waals surface area contributed by atoms with Gasteiger partial charge in [0.15, 0.2) is 0 Å². The van der Waals surface area contributed by atoms with Crippen LogP contribution in [0, 0.1) is 0 Å². The maximum Gasteiger partial charge on any atom is 0.438 e. The van der Waals surface area contributed by atoms with Gasteiger partial charge in [-0.25, -0.2) is 4.79 Å². The van der Waals surface area contributed by atoms with Gasteiger partial charge in [0.25, 0.3) is 5.56 Å². The highest BCUT2D eigenvalue weighted by Gasteiger charge is 2.28. The minimum absolute atomic E-state index is 0.143. The lowest BCUT2D eigenvalue weighted by molar-refractivity contribution is 0.149. The number of benzene rings is 2. The van der Waals surface area contributed by atoms with E-state index in [1.165, 1.54) is 0 Å². The molecule has 2 aromatic carbocycles. The number of carbonyl (C=O) groups is 1. The molecule has 0 radical (unpaired) electrons. The van der Waals surface area contributed by atoms with Crippen LogP contribution in [0.2, 0.25) is 5.02 Å². The fourth-order valence-corrected chi connectivity index (χ4v) is 2.95. The molecular weight excluding hydrogens is 356 g/mol. The van der Waals surface area contributed by atoms with Gasteiger partial charge in [-0.3, -0.25) is 4.79 Å². The standard InChI is InChI=1S/C19H13ClN2O4/c1-2-25-19(24)22-18(23)15-16(21-22)13-5-3-4-6-14(13)26-17(15)11-7-9-12(20)10-8-11/h3-10H,2H2,1H3. The molecule has 0 fully saturated rings. The Balaban J connectivity index is 2.08. The van der Waals surface area contributed by atoms with Crippen molar-refractivity contribution in [3.63, 3.8) is 0 Å². The van der Waals surface area contributed by atoms with Crippen molar-refractivity contribution in [1.82, 2.24) is 9.78 Å². The van der Waals surface area contributed by atoms with Crippen LogP contribution >= 0.6 is 11.6 Å². The summed E-state index contributed by atoms with van der Waals surface area (Å²) in [6.45, 7) is 1.80. The molecule has 2 aliphatic heterocycles. The molecule has 0 atom stereocenters. The van der Waals surface area contributed by atoms with Crippen LogP contribution < -0.4 is 5.56 Å². The summed E-state index contributed by atoms with van der Waals surface area (Å²) >= 11 is 5.95. The number of fused-ring (bicyclic) bond motifs is 3. The normalized spacial score (nSPS) is 11.2. The molecule has 0 spiro atoms. The molecule has 2 aliphatic rings. The van der Waals surface area contributed by atoms with Gasteiger partial charge in [-0.15, -0.1) is 4.68 Å². The predicted molar refractivity (Wildman–Crippen MR) is 97.8 cm³/mol. The fraction of sp³-hybridized carbons (Fsp3) is 0.105. The van der Waals surface area contributed by atoms with Crippen LogP contribution in [0.4, 0.5) is 4.79 Å². The van der Waals surface area contributed by atoms with Crippen LogP contribution in [-0.4, -0.2) is 22.5 Å². The number of rotatable bonds is 2. The van der Waals surface area contributed by atoms with E-state index in [-0.39, 0.29) is 12.2 Å². The monoisotopic (exact) mass is 368 g/mol. The topological polar surface area (TPSA) is 74.3 Å². The SMILES string of the molecule is CCOC(=O)n1nc2c3ccccc3oc(-c3ccc(Cl)cc3)c-2c1=O. The van der Waals surface area contributed by atoms with E-state index in [9.17, 15) is 9.59 Å². The van der Waals surface area contributed by atoms with Crippen molar-refractivity contribution in [3.05, 3.63) is 63.9 Å². The van der Waals surface area contributed by atoms with Gasteiger partial charge >= 0.3 is 6.09 Å². The number of hydrogen-bond donors (Lipinski definition) is 0. The zero-order chi connectivity index (χ0) is 18.3. The van der Waals surface area contributed by atoms with E-state index in [4.69, 9.17) is 20.8 Å². The summed E-state index contributed by atoms with van der Waals surface area (Å²) in [6, 6.07) is 14.1. The van der Waals surface area contributed by atoms with Crippen LogP contribution in [0.3, 0.4) is 0 Å². The lowest BCUT2D eigenvalue weighted by atomic mass is 10.0. The summed E-state index contributed by atoms with van der Waals surface area (Å²) in [5.74, 6) is 0.330. The van der Waals surface area contributed by atoms with Crippen molar-refractivity contribution >= 4 is 28.7 Å². The third-order valence-electron chi connectivity index (χ3n) is 3.97. The second kappa shape index (κ2) is 6.31. The zero-order valence-corrected chi connectivity index (χ0v) is 14.5. The first kappa shape index (κ1) is 16.4. The maximum absolute atomic E-state index is 12.9. The molecule has 0 saturated heterocycles. The predicted octanol–water partition coefficient (Wildman–Crippen LogP) is 4.42. The molecule has 7 heteroatoms. The van der Waals surface area contributed by atoms with Crippen molar-refractivity contribution in [2.45, 2.75) is 6.92 Å². The Morgan fingerprint density at radius 1 is 1.19 bits per heavy atom. The van der Waals surface area contributed by atoms with E-state index >= 15 is 0 Å². The smallest absolute Gasteiger partial charge is 0.438 e. The molecule has 26 heavy (non-hydrogen) atoms. The molecule has 2 heterocycles. The van der Waals surface area contributed by atoms with E-state index in [0.717, 1.165) is 4.68 Å². The highest BCUT2D eigenvalue weighted by molar-refractivity contribution is 6.30. The number of halogens is 1. The zero-order valence-electron chi connectivity index (χ0n) is 13.7. The molecule has 2 aromatic rings. The Morgan fingerprint density at radius 2 is 1.92 bits per heavy atom. The second-order valence-electron chi connectivity index (χ2n) is 5.57. The van der Waals surface area contributed by atoms with Gasteiger partial charge in [-0.1, -0.05) is 23.7 Å². The van der Waals surface area contributed by atoms with Crippen LogP contribution in [0.5, 0.6) is 0 Å². The first-order chi connectivity index (χ1) is 12.6. The minimum Gasteiger partial charge on any atom is -0.455 e. The second-order valence-corrected chi connectivity index (χ2v) is 6.01. The number of para-hydroxylation sites is 1. The van der Waals surface area contributed by atoms with Crippen molar-refractivity contribution in [2.24, 2.45) is 0 Å². The first-order valence-electron chi connectivity index (χ1n) is 7.97. The van der Waals surface area contributed by atoms with Gasteiger partial charge in [0.1, 0.15) is 22.6 Å². The summed E-state index contributed by atoms with van der Waals surface area (Å²) in [7, 11) is 0. The van der Waals surface area contributed by atoms with Crippen LogP contribution in [0.15, 0.2) is 57.7 Å². The Labute approximate surface area is 152 Å². The molecular formula is C19H13ClN2O4. The third-order valence-corrected chi connectivity index (χ3v) is 4.22. The molecule has 0 aromatic heterocycles.